The summed E-state index contributed by atoms with van der Waals surface area (Å²) in [6.45, 7) is 4.69. The van der Waals surface area contributed by atoms with Crippen molar-refractivity contribution in [2.75, 3.05) is 25.1 Å². The molecule has 0 aliphatic rings. The van der Waals surface area contributed by atoms with E-state index in [1.54, 1.807) is 31.2 Å². The zero-order valence-corrected chi connectivity index (χ0v) is 25.7. The lowest BCUT2D eigenvalue weighted by Crippen LogP contribution is -2.52. The fraction of sp³-hybridized carbons (Fsp3) is 0.333. The first-order chi connectivity index (χ1) is 19.9. The number of carbonyl (C=O) groups excluding carboxylic acids is 2. The van der Waals surface area contributed by atoms with Crippen molar-refractivity contribution in [2.24, 2.45) is 0 Å². The van der Waals surface area contributed by atoms with Gasteiger partial charge in [-0.05, 0) is 74.4 Å². The number of sulfonamides is 1. The van der Waals surface area contributed by atoms with Crippen molar-refractivity contribution in [3.8, 4) is 11.5 Å². The maximum atomic E-state index is 14.0. The van der Waals surface area contributed by atoms with Crippen LogP contribution in [0.25, 0.3) is 0 Å². The van der Waals surface area contributed by atoms with Crippen LogP contribution in [0.4, 0.5) is 10.1 Å². The van der Waals surface area contributed by atoms with Gasteiger partial charge < -0.3 is 19.7 Å². The third-order valence-corrected chi connectivity index (χ3v) is 8.79. The molecule has 0 fully saturated rings. The molecule has 0 bridgehead atoms. The zero-order valence-electron chi connectivity index (χ0n) is 24.1. The average molecular weight is 620 g/mol. The van der Waals surface area contributed by atoms with E-state index >= 15 is 0 Å². The first kappa shape index (κ1) is 32.7. The van der Waals surface area contributed by atoms with Crippen LogP contribution >= 0.6 is 11.6 Å². The monoisotopic (exact) mass is 619 g/mol. The minimum absolute atomic E-state index is 0.0127. The van der Waals surface area contributed by atoms with E-state index < -0.39 is 34.3 Å². The summed E-state index contributed by atoms with van der Waals surface area (Å²) in [6.07, 6.45) is 0.686. The highest BCUT2D eigenvalue weighted by molar-refractivity contribution is 7.92. The molecule has 0 radical (unpaired) electrons. The standard InChI is InChI=1S/C30H35ClFN3O6S/c1-6-20(2)33-30(37)21(3)34(18-22-7-9-23(31)10-8-22)29(36)19-35(25-13-11-24(32)12-14-25)42(38,39)26-15-16-27(40-4)28(17-26)41-5/h7-17,20-21H,6,18-19H2,1-5H3,(H,33,37)/t20-,21-/m0/s1. The Kier molecular flexibility index (Phi) is 11.2. The molecule has 0 unspecified atom stereocenters. The molecule has 2 amide bonds. The van der Waals surface area contributed by atoms with Crippen molar-refractivity contribution >= 4 is 39.1 Å². The predicted molar refractivity (Wildman–Crippen MR) is 160 cm³/mol. The van der Waals surface area contributed by atoms with Crippen molar-refractivity contribution in [3.63, 3.8) is 0 Å². The summed E-state index contributed by atoms with van der Waals surface area (Å²) < 4.78 is 53.2. The second-order valence-electron chi connectivity index (χ2n) is 9.65. The Bertz CT molecular complexity index is 1490. The van der Waals surface area contributed by atoms with Crippen molar-refractivity contribution in [1.29, 1.82) is 0 Å². The summed E-state index contributed by atoms with van der Waals surface area (Å²) in [5.74, 6) is -1.12. The van der Waals surface area contributed by atoms with Gasteiger partial charge in [0.25, 0.3) is 10.0 Å². The Morgan fingerprint density at radius 3 is 2.14 bits per heavy atom. The summed E-state index contributed by atoms with van der Waals surface area (Å²) in [7, 11) is -1.60. The third kappa shape index (κ3) is 7.92. The van der Waals surface area contributed by atoms with Crippen LogP contribution in [-0.4, -0.2) is 58.0 Å². The van der Waals surface area contributed by atoms with E-state index in [9.17, 15) is 22.4 Å². The molecule has 0 aliphatic heterocycles. The van der Waals surface area contributed by atoms with E-state index in [-0.39, 0.29) is 34.8 Å². The minimum Gasteiger partial charge on any atom is -0.493 e. The molecule has 9 nitrogen and oxygen atoms in total. The molecular formula is C30H35ClFN3O6S. The summed E-state index contributed by atoms with van der Waals surface area (Å²) in [5, 5.41) is 3.38. The average Bonchev–Trinajstić information content (AvgIpc) is 2.98. The van der Waals surface area contributed by atoms with E-state index in [0.717, 1.165) is 16.4 Å². The quantitative estimate of drug-likeness (QED) is 0.288. The summed E-state index contributed by atoms with van der Waals surface area (Å²) in [5.41, 5.74) is 0.745. The highest BCUT2D eigenvalue weighted by atomic mass is 35.5. The van der Waals surface area contributed by atoms with Gasteiger partial charge >= 0.3 is 0 Å². The van der Waals surface area contributed by atoms with Gasteiger partial charge in [-0.2, -0.15) is 0 Å². The van der Waals surface area contributed by atoms with Gasteiger partial charge in [-0.1, -0.05) is 30.7 Å². The Morgan fingerprint density at radius 2 is 1.57 bits per heavy atom. The first-order valence-corrected chi connectivity index (χ1v) is 15.1. The molecule has 0 aromatic heterocycles. The lowest BCUT2D eigenvalue weighted by atomic mass is 10.1. The Labute approximate surface area is 251 Å². The number of hydrogen-bond donors (Lipinski definition) is 1. The number of benzene rings is 3. The molecule has 0 heterocycles. The summed E-state index contributed by atoms with van der Waals surface area (Å²) >= 11 is 6.03. The van der Waals surface area contributed by atoms with Crippen LogP contribution in [0, 0.1) is 5.82 Å². The van der Waals surface area contributed by atoms with Gasteiger partial charge in [0.2, 0.25) is 11.8 Å². The van der Waals surface area contributed by atoms with Crippen LogP contribution in [0.1, 0.15) is 32.8 Å². The fourth-order valence-electron chi connectivity index (χ4n) is 4.07. The van der Waals surface area contributed by atoms with Gasteiger partial charge in [-0.15, -0.1) is 0 Å². The minimum atomic E-state index is -4.39. The molecule has 0 spiro atoms. The van der Waals surface area contributed by atoms with Crippen molar-refractivity contribution in [1.82, 2.24) is 10.2 Å². The second kappa shape index (κ2) is 14.4. The van der Waals surface area contributed by atoms with E-state index in [1.807, 2.05) is 13.8 Å². The second-order valence-corrected chi connectivity index (χ2v) is 11.9. The molecule has 12 heteroatoms. The van der Waals surface area contributed by atoms with Gasteiger partial charge in [-0.3, -0.25) is 13.9 Å². The number of hydrogen-bond acceptors (Lipinski definition) is 6. The van der Waals surface area contributed by atoms with E-state index in [0.29, 0.717) is 22.8 Å². The number of ether oxygens (including phenoxy) is 2. The molecule has 3 rings (SSSR count). The van der Waals surface area contributed by atoms with Crippen molar-refractivity contribution in [2.45, 2.75) is 50.7 Å². The largest absolute Gasteiger partial charge is 0.493 e. The molecule has 3 aromatic rings. The van der Waals surface area contributed by atoms with Crippen molar-refractivity contribution < 1.29 is 31.9 Å². The van der Waals surface area contributed by atoms with Crippen molar-refractivity contribution in [3.05, 3.63) is 83.1 Å². The van der Waals surface area contributed by atoms with Crippen LogP contribution in [0.3, 0.4) is 0 Å². The number of nitrogens with zero attached hydrogens (tertiary/aromatic N) is 2. The number of anilines is 1. The zero-order chi connectivity index (χ0) is 31.0. The van der Waals surface area contributed by atoms with E-state index in [1.165, 1.54) is 49.5 Å². The maximum absolute atomic E-state index is 14.0. The molecule has 226 valence electrons. The first-order valence-electron chi connectivity index (χ1n) is 13.3. The normalized spacial score (nSPS) is 12.6. The number of halogens is 2. The molecule has 42 heavy (non-hydrogen) atoms. The molecule has 1 N–H and O–H groups in total. The number of amides is 2. The van der Waals surface area contributed by atoms with Gasteiger partial charge in [0.1, 0.15) is 18.4 Å². The Balaban J connectivity index is 2.06. The van der Waals surface area contributed by atoms with Crippen LogP contribution in [0.5, 0.6) is 11.5 Å². The fourth-order valence-corrected chi connectivity index (χ4v) is 5.63. The number of nitrogens with one attached hydrogen (secondary N) is 1. The molecule has 2 atom stereocenters. The maximum Gasteiger partial charge on any atom is 0.264 e. The highest BCUT2D eigenvalue weighted by Gasteiger charge is 2.33. The lowest BCUT2D eigenvalue weighted by Gasteiger charge is -2.32. The molecular weight excluding hydrogens is 585 g/mol. The van der Waals surface area contributed by atoms with E-state index in [4.69, 9.17) is 21.1 Å². The van der Waals surface area contributed by atoms with Gasteiger partial charge in [0.15, 0.2) is 11.5 Å². The molecule has 3 aromatic carbocycles. The van der Waals surface area contributed by atoms with Gasteiger partial charge in [0, 0.05) is 23.7 Å². The van der Waals surface area contributed by atoms with Crippen LogP contribution in [0.2, 0.25) is 5.02 Å². The molecule has 0 aliphatic carbocycles. The lowest BCUT2D eigenvalue weighted by molar-refractivity contribution is -0.139. The van der Waals surface area contributed by atoms with Crippen LogP contribution < -0.4 is 19.1 Å². The number of rotatable bonds is 13. The summed E-state index contributed by atoms with van der Waals surface area (Å²) in [6, 6.07) is 14.5. The Hall–Kier alpha value is -3.83. The van der Waals surface area contributed by atoms with Gasteiger partial charge in [-0.25, -0.2) is 12.8 Å². The SMILES string of the molecule is CC[C@H](C)NC(=O)[C@H](C)N(Cc1ccc(Cl)cc1)C(=O)CN(c1ccc(F)cc1)S(=O)(=O)c1ccc(OC)c(OC)c1. The third-order valence-electron chi connectivity index (χ3n) is 6.77. The number of methoxy groups -OCH3 is 2. The molecule has 0 saturated heterocycles. The highest BCUT2D eigenvalue weighted by Crippen LogP contribution is 2.32. The van der Waals surface area contributed by atoms with Gasteiger partial charge in [0.05, 0.1) is 24.8 Å². The number of carbonyl (C=O) groups is 2. The topological polar surface area (TPSA) is 105 Å². The summed E-state index contributed by atoms with van der Waals surface area (Å²) in [4.78, 5) is 28.2. The van der Waals surface area contributed by atoms with Crippen LogP contribution in [0.15, 0.2) is 71.6 Å². The smallest absolute Gasteiger partial charge is 0.264 e. The van der Waals surface area contributed by atoms with E-state index in [2.05, 4.69) is 5.32 Å². The predicted octanol–water partition coefficient (Wildman–Crippen LogP) is 5.02. The molecule has 0 saturated carbocycles. The van der Waals surface area contributed by atoms with Crippen LogP contribution in [-0.2, 0) is 26.2 Å². The Morgan fingerprint density at radius 1 is 0.952 bits per heavy atom.